The molecule has 0 aliphatic heterocycles. The SMILES string of the molecule is COC(=O)c1ccc(NC(=O)c2cc(NC(C)(C)C)ccn2)cc1. The van der Waals surface area contributed by atoms with E-state index >= 15 is 0 Å². The zero-order valence-electron chi connectivity index (χ0n) is 14.2. The molecule has 24 heavy (non-hydrogen) atoms. The molecule has 2 rings (SSSR count). The summed E-state index contributed by atoms with van der Waals surface area (Å²) in [7, 11) is 1.32. The average molecular weight is 327 g/mol. The molecule has 6 nitrogen and oxygen atoms in total. The van der Waals surface area contributed by atoms with Crippen molar-refractivity contribution in [2.45, 2.75) is 26.3 Å². The fourth-order valence-corrected chi connectivity index (χ4v) is 2.07. The Bertz CT molecular complexity index is 734. The molecule has 0 saturated heterocycles. The van der Waals surface area contributed by atoms with Crippen LogP contribution in [-0.2, 0) is 4.74 Å². The zero-order valence-corrected chi connectivity index (χ0v) is 14.2. The number of aromatic nitrogens is 1. The first kappa shape index (κ1) is 17.5. The molecule has 1 amide bonds. The van der Waals surface area contributed by atoms with Crippen molar-refractivity contribution in [3.63, 3.8) is 0 Å². The first-order chi connectivity index (χ1) is 11.3. The van der Waals surface area contributed by atoms with Crippen LogP contribution in [0.5, 0.6) is 0 Å². The van der Waals surface area contributed by atoms with Crippen molar-refractivity contribution in [3.05, 3.63) is 53.9 Å². The topological polar surface area (TPSA) is 80.3 Å². The lowest BCUT2D eigenvalue weighted by molar-refractivity contribution is 0.0600. The lowest BCUT2D eigenvalue weighted by Gasteiger charge is -2.22. The number of amides is 1. The molecule has 126 valence electrons. The van der Waals surface area contributed by atoms with E-state index in [0.717, 1.165) is 5.69 Å². The molecule has 0 fully saturated rings. The van der Waals surface area contributed by atoms with Crippen LogP contribution in [0.3, 0.4) is 0 Å². The van der Waals surface area contributed by atoms with Crippen molar-refractivity contribution in [2.24, 2.45) is 0 Å². The minimum absolute atomic E-state index is 0.112. The molecule has 0 atom stereocenters. The van der Waals surface area contributed by atoms with Crippen LogP contribution in [0.2, 0.25) is 0 Å². The van der Waals surface area contributed by atoms with Gasteiger partial charge in [-0.2, -0.15) is 0 Å². The van der Waals surface area contributed by atoms with Crippen LogP contribution in [0.15, 0.2) is 42.6 Å². The van der Waals surface area contributed by atoms with Gasteiger partial charge in [-0.1, -0.05) is 0 Å². The standard InChI is InChI=1S/C18H21N3O3/c1-18(2,3)21-14-9-10-19-15(11-14)16(22)20-13-7-5-12(6-8-13)17(23)24-4/h5-11H,1-4H3,(H,19,21)(H,20,22). The number of benzene rings is 1. The third kappa shape index (κ3) is 4.81. The number of pyridine rings is 1. The molecule has 2 aromatic rings. The van der Waals surface area contributed by atoms with E-state index in [2.05, 4.69) is 20.4 Å². The molecule has 0 aliphatic rings. The molecular weight excluding hydrogens is 306 g/mol. The summed E-state index contributed by atoms with van der Waals surface area (Å²) in [4.78, 5) is 27.8. The first-order valence-corrected chi connectivity index (χ1v) is 7.52. The maximum atomic E-state index is 12.3. The van der Waals surface area contributed by atoms with Gasteiger partial charge in [-0.3, -0.25) is 9.78 Å². The number of rotatable bonds is 4. The van der Waals surface area contributed by atoms with E-state index < -0.39 is 5.97 Å². The van der Waals surface area contributed by atoms with Crippen LogP contribution in [0, 0.1) is 0 Å². The lowest BCUT2D eigenvalue weighted by Crippen LogP contribution is -2.26. The third-order valence-electron chi connectivity index (χ3n) is 3.08. The van der Waals surface area contributed by atoms with Crippen LogP contribution in [0.4, 0.5) is 11.4 Å². The second kappa shape index (κ2) is 7.12. The van der Waals surface area contributed by atoms with E-state index in [-0.39, 0.29) is 11.4 Å². The lowest BCUT2D eigenvalue weighted by atomic mass is 10.1. The Balaban J connectivity index is 2.09. The molecule has 6 heteroatoms. The van der Waals surface area contributed by atoms with Gasteiger partial charge in [-0.25, -0.2) is 4.79 Å². The molecule has 1 heterocycles. The molecule has 0 radical (unpaired) electrons. The summed E-state index contributed by atoms with van der Waals surface area (Å²) in [5, 5.41) is 6.05. The van der Waals surface area contributed by atoms with Crippen molar-refractivity contribution >= 4 is 23.3 Å². The number of nitrogens with one attached hydrogen (secondary N) is 2. The molecule has 0 saturated carbocycles. The number of esters is 1. The fraction of sp³-hybridized carbons (Fsp3) is 0.278. The molecule has 2 N–H and O–H groups in total. The van der Waals surface area contributed by atoms with Gasteiger partial charge in [-0.15, -0.1) is 0 Å². The predicted octanol–water partition coefficient (Wildman–Crippen LogP) is 3.33. The highest BCUT2D eigenvalue weighted by atomic mass is 16.5. The summed E-state index contributed by atoms with van der Waals surface area (Å²) in [5.41, 5.74) is 2.01. The highest BCUT2D eigenvalue weighted by Gasteiger charge is 2.13. The Morgan fingerprint density at radius 3 is 2.29 bits per heavy atom. The minimum atomic E-state index is -0.421. The summed E-state index contributed by atoms with van der Waals surface area (Å²) < 4.78 is 4.64. The fourth-order valence-electron chi connectivity index (χ4n) is 2.07. The molecule has 0 aliphatic carbocycles. The quantitative estimate of drug-likeness (QED) is 0.842. The van der Waals surface area contributed by atoms with E-state index in [0.29, 0.717) is 16.9 Å². The van der Waals surface area contributed by atoms with Gasteiger partial charge in [0.2, 0.25) is 0 Å². The molecule has 0 spiro atoms. The Hall–Kier alpha value is -2.89. The predicted molar refractivity (Wildman–Crippen MR) is 93.3 cm³/mol. The molecule has 1 aromatic carbocycles. The summed E-state index contributed by atoms with van der Waals surface area (Å²) >= 11 is 0. The van der Waals surface area contributed by atoms with Crippen LogP contribution in [0.25, 0.3) is 0 Å². The number of methoxy groups -OCH3 is 1. The van der Waals surface area contributed by atoms with Crippen LogP contribution >= 0.6 is 0 Å². The number of hydrogen-bond donors (Lipinski definition) is 2. The zero-order chi connectivity index (χ0) is 17.7. The number of carbonyl (C=O) groups is 2. The van der Waals surface area contributed by atoms with Gasteiger partial charge in [-0.05, 0) is 57.2 Å². The van der Waals surface area contributed by atoms with Crippen molar-refractivity contribution in [2.75, 3.05) is 17.7 Å². The smallest absolute Gasteiger partial charge is 0.337 e. The van der Waals surface area contributed by atoms with Crippen molar-refractivity contribution < 1.29 is 14.3 Å². The van der Waals surface area contributed by atoms with Crippen molar-refractivity contribution in [1.82, 2.24) is 4.98 Å². The van der Waals surface area contributed by atoms with Gasteiger partial charge in [0, 0.05) is 23.1 Å². The highest BCUT2D eigenvalue weighted by molar-refractivity contribution is 6.03. The van der Waals surface area contributed by atoms with Gasteiger partial charge >= 0.3 is 5.97 Å². The van der Waals surface area contributed by atoms with Gasteiger partial charge in [0.25, 0.3) is 5.91 Å². The minimum Gasteiger partial charge on any atom is -0.465 e. The van der Waals surface area contributed by atoms with Gasteiger partial charge in [0.05, 0.1) is 12.7 Å². The second-order valence-electron chi connectivity index (χ2n) is 6.33. The van der Waals surface area contributed by atoms with E-state index in [1.165, 1.54) is 7.11 Å². The number of ether oxygens (including phenoxy) is 1. The van der Waals surface area contributed by atoms with E-state index in [1.807, 2.05) is 26.8 Å². The van der Waals surface area contributed by atoms with E-state index in [1.54, 1.807) is 36.5 Å². The largest absolute Gasteiger partial charge is 0.465 e. The first-order valence-electron chi connectivity index (χ1n) is 7.52. The Morgan fingerprint density at radius 2 is 1.71 bits per heavy atom. The summed E-state index contributed by atoms with van der Waals surface area (Å²) in [6.07, 6.45) is 1.59. The third-order valence-corrected chi connectivity index (χ3v) is 3.08. The Morgan fingerprint density at radius 1 is 1.04 bits per heavy atom. The van der Waals surface area contributed by atoms with Crippen LogP contribution in [-0.4, -0.2) is 29.5 Å². The second-order valence-corrected chi connectivity index (χ2v) is 6.33. The summed E-state index contributed by atoms with van der Waals surface area (Å²) in [6.45, 7) is 6.11. The molecule has 0 bridgehead atoms. The Kier molecular flexibility index (Phi) is 5.18. The average Bonchev–Trinajstić information content (AvgIpc) is 2.53. The van der Waals surface area contributed by atoms with E-state index in [4.69, 9.17) is 0 Å². The van der Waals surface area contributed by atoms with Gasteiger partial charge < -0.3 is 15.4 Å². The van der Waals surface area contributed by atoms with Crippen LogP contribution in [0.1, 0.15) is 41.6 Å². The van der Waals surface area contributed by atoms with E-state index in [9.17, 15) is 9.59 Å². The van der Waals surface area contributed by atoms with Gasteiger partial charge in [0.1, 0.15) is 5.69 Å². The number of anilines is 2. The van der Waals surface area contributed by atoms with Gasteiger partial charge in [0.15, 0.2) is 0 Å². The highest BCUT2D eigenvalue weighted by Crippen LogP contribution is 2.16. The molecule has 1 aromatic heterocycles. The molecule has 0 unspecified atom stereocenters. The summed E-state index contributed by atoms with van der Waals surface area (Å²) in [5.74, 6) is -0.742. The van der Waals surface area contributed by atoms with Crippen LogP contribution < -0.4 is 10.6 Å². The Labute approximate surface area is 141 Å². The number of hydrogen-bond acceptors (Lipinski definition) is 5. The summed E-state index contributed by atoms with van der Waals surface area (Å²) in [6, 6.07) is 9.97. The maximum Gasteiger partial charge on any atom is 0.337 e. The number of carbonyl (C=O) groups excluding carboxylic acids is 2. The monoisotopic (exact) mass is 327 g/mol. The van der Waals surface area contributed by atoms with Crippen molar-refractivity contribution in [3.8, 4) is 0 Å². The van der Waals surface area contributed by atoms with Crippen molar-refractivity contribution in [1.29, 1.82) is 0 Å². The maximum absolute atomic E-state index is 12.3. The molecular formula is C18H21N3O3. The normalized spacial score (nSPS) is 10.8. The number of nitrogens with zero attached hydrogens (tertiary/aromatic N) is 1.